The lowest BCUT2D eigenvalue weighted by Gasteiger charge is -2.26. The van der Waals surface area contributed by atoms with Crippen molar-refractivity contribution < 1.29 is 32.9 Å². The minimum Gasteiger partial charge on any atom is -0.391 e. The molecule has 0 spiro atoms. The summed E-state index contributed by atoms with van der Waals surface area (Å²) in [5.74, 6) is -0.159. The van der Waals surface area contributed by atoms with Crippen LogP contribution in [0.1, 0.15) is 149 Å². The van der Waals surface area contributed by atoms with Crippen molar-refractivity contribution in [3.63, 3.8) is 0 Å². The summed E-state index contributed by atoms with van der Waals surface area (Å²) in [7, 11) is 1.60. The van der Waals surface area contributed by atoms with Crippen LogP contribution in [-0.2, 0) is 18.4 Å². The maximum atomic E-state index is 12.7. The first-order valence-electron chi connectivity index (χ1n) is 17.6. The first kappa shape index (κ1) is 42.2. The lowest BCUT2D eigenvalue weighted by Crippen LogP contribution is -2.46. The summed E-state index contributed by atoms with van der Waals surface area (Å²) in [6.45, 7) is 4.79. The molecule has 9 heteroatoms. The van der Waals surface area contributed by atoms with Gasteiger partial charge in [-0.2, -0.15) is 0 Å². The van der Waals surface area contributed by atoms with E-state index in [1.165, 1.54) is 77.0 Å². The third kappa shape index (κ3) is 29.7. The number of carbonyl (C=O) groups excluding carboxylic acids is 1. The number of nitrogens with zero attached hydrogens (tertiary/aromatic N) is 1. The average Bonchev–Trinajstić information content (AvgIpc) is 2.94. The number of amides is 1. The normalized spacial score (nSPS) is 15.0. The number of nitrogens with one attached hydrogen (secondary N) is 1. The molecule has 3 N–H and O–H groups in total. The number of hydrogen-bond acceptors (Lipinski definition) is 5. The Morgan fingerprint density at radius 3 is 1.79 bits per heavy atom. The lowest BCUT2D eigenvalue weighted by atomic mass is 10.0. The maximum absolute atomic E-state index is 12.7. The van der Waals surface area contributed by atoms with Gasteiger partial charge in [0, 0.05) is 6.42 Å². The summed E-state index contributed by atoms with van der Waals surface area (Å²) < 4.78 is 23.4. The Morgan fingerprint density at radius 1 is 0.767 bits per heavy atom. The van der Waals surface area contributed by atoms with E-state index >= 15 is 0 Å². The van der Waals surface area contributed by atoms with E-state index in [9.17, 15) is 19.4 Å². The first-order chi connectivity index (χ1) is 20.5. The second kappa shape index (κ2) is 27.5. The molecule has 0 heterocycles. The fourth-order valence-corrected chi connectivity index (χ4v) is 5.60. The monoisotopic (exact) mass is 633 g/mol. The van der Waals surface area contributed by atoms with Crippen LogP contribution in [0.4, 0.5) is 0 Å². The van der Waals surface area contributed by atoms with E-state index in [0.29, 0.717) is 23.9 Å². The molecule has 0 aliphatic heterocycles. The summed E-state index contributed by atoms with van der Waals surface area (Å²) in [4.78, 5) is 22.9. The van der Waals surface area contributed by atoms with Crippen LogP contribution in [0.25, 0.3) is 0 Å². The maximum Gasteiger partial charge on any atom is 0.472 e. The van der Waals surface area contributed by atoms with Gasteiger partial charge in [0.2, 0.25) is 5.91 Å². The van der Waals surface area contributed by atoms with Crippen LogP contribution in [0.3, 0.4) is 0 Å². The third-order valence-corrected chi connectivity index (χ3v) is 8.75. The molecule has 0 rings (SSSR count). The van der Waals surface area contributed by atoms with E-state index in [-0.39, 0.29) is 19.1 Å². The predicted octanol–water partition coefficient (Wildman–Crippen LogP) is 8.46. The number of phosphoric ester groups is 1. The number of hydrogen-bond donors (Lipinski definition) is 3. The fourth-order valence-electron chi connectivity index (χ4n) is 4.86. The molecule has 0 aliphatic rings. The fraction of sp³-hybridized carbons (Fsp3) is 0.912. The van der Waals surface area contributed by atoms with Gasteiger partial charge in [-0.25, -0.2) is 4.57 Å². The van der Waals surface area contributed by atoms with Gasteiger partial charge >= 0.3 is 7.82 Å². The number of aliphatic hydroxyl groups excluding tert-OH is 1. The second-order valence-electron chi connectivity index (χ2n) is 13.2. The van der Waals surface area contributed by atoms with Crippen LogP contribution in [0.15, 0.2) is 12.2 Å². The Morgan fingerprint density at radius 2 is 1.26 bits per heavy atom. The largest absolute Gasteiger partial charge is 0.472 e. The highest BCUT2D eigenvalue weighted by atomic mass is 31.2. The van der Waals surface area contributed by atoms with Crippen molar-refractivity contribution in [1.29, 1.82) is 0 Å². The molecule has 0 fully saturated rings. The SMILES string of the molecule is CCCCC/C=C/CCCC[C@@H](O)[C@H](COP(=O)(O)OCC[N+](C)(C)C)NC(=O)CCCCCCCCCCCCCC. The highest BCUT2D eigenvalue weighted by Gasteiger charge is 2.28. The van der Waals surface area contributed by atoms with Gasteiger partial charge < -0.3 is 19.8 Å². The molecule has 1 unspecified atom stereocenters. The number of likely N-dealkylation sites (N-methyl/N-ethyl adjacent to an activating group) is 1. The number of rotatable bonds is 31. The smallest absolute Gasteiger partial charge is 0.391 e. The standard InChI is InChI=1S/C34H69N2O6P/c1-6-8-10-12-14-16-17-18-20-22-24-26-28-34(38)35-32(31-42-43(39,40)41-30-29-36(3,4)5)33(37)27-25-23-21-19-15-13-11-9-7-2/h15,19,32-33,37H,6-14,16-18,20-31H2,1-5H3,(H-,35,38,39,40)/p+1/b19-15+/t32-,33+/m0/s1. The van der Waals surface area contributed by atoms with Crippen LogP contribution in [0, 0.1) is 0 Å². The van der Waals surface area contributed by atoms with E-state index in [4.69, 9.17) is 9.05 Å². The van der Waals surface area contributed by atoms with Crippen molar-refractivity contribution in [2.45, 2.75) is 161 Å². The molecule has 3 atom stereocenters. The summed E-state index contributed by atoms with van der Waals surface area (Å²) in [5, 5.41) is 13.8. The molecule has 256 valence electrons. The summed E-state index contributed by atoms with van der Waals surface area (Å²) in [6.07, 6.45) is 26.7. The molecule has 0 saturated carbocycles. The minimum absolute atomic E-state index is 0.0712. The highest BCUT2D eigenvalue weighted by molar-refractivity contribution is 7.47. The van der Waals surface area contributed by atoms with Crippen LogP contribution in [0.5, 0.6) is 0 Å². The zero-order chi connectivity index (χ0) is 32.2. The number of quaternary nitrogens is 1. The van der Waals surface area contributed by atoms with Gasteiger partial charge in [0.05, 0.1) is 39.9 Å². The Hall–Kier alpha value is -0.760. The molecule has 43 heavy (non-hydrogen) atoms. The van der Waals surface area contributed by atoms with Crippen molar-refractivity contribution in [2.24, 2.45) is 0 Å². The third-order valence-electron chi connectivity index (χ3n) is 7.76. The molecule has 0 radical (unpaired) electrons. The summed E-state index contributed by atoms with van der Waals surface area (Å²) in [6, 6.07) is -0.767. The van der Waals surface area contributed by atoms with Gasteiger partial charge in [-0.1, -0.05) is 116 Å². The van der Waals surface area contributed by atoms with Crippen molar-refractivity contribution in [1.82, 2.24) is 5.32 Å². The van der Waals surface area contributed by atoms with E-state index in [1.54, 1.807) is 0 Å². The molecule has 0 aromatic heterocycles. The summed E-state index contributed by atoms with van der Waals surface area (Å²) in [5.41, 5.74) is 0. The van der Waals surface area contributed by atoms with Crippen molar-refractivity contribution in [3.05, 3.63) is 12.2 Å². The van der Waals surface area contributed by atoms with Crippen molar-refractivity contribution in [3.8, 4) is 0 Å². The molecular weight excluding hydrogens is 563 g/mol. The van der Waals surface area contributed by atoms with Gasteiger partial charge in [0.25, 0.3) is 0 Å². The second-order valence-corrected chi connectivity index (χ2v) is 14.7. The van der Waals surface area contributed by atoms with Gasteiger partial charge in [0.15, 0.2) is 0 Å². The average molecular weight is 634 g/mol. The molecule has 0 aliphatic carbocycles. The summed E-state index contributed by atoms with van der Waals surface area (Å²) >= 11 is 0. The highest BCUT2D eigenvalue weighted by Crippen LogP contribution is 2.43. The molecule has 8 nitrogen and oxygen atoms in total. The van der Waals surface area contributed by atoms with E-state index in [1.807, 2.05) is 21.1 Å². The molecular formula is C34H70N2O6P+. The number of carbonyl (C=O) groups is 1. The van der Waals surface area contributed by atoms with Crippen LogP contribution >= 0.6 is 7.82 Å². The molecule has 0 bridgehead atoms. The van der Waals surface area contributed by atoms with Crippen molar-refractivity contribution in [2.75, 3.05) is 40.9 Å². The zero-order valence-corrected chi connectivity index (χ0v) is 29.6. The minimum atomic E-state index is -4.30. The van der Waals surface area contributed by atoms with Crippen LogP contribution < -0.4 is 5.32 Å². The molecule has 0 saturated heterocycles. The molecule has 0 aromatic carbocycles. The Labute approximate surface area is 265 Å². The Kier molecular flexibility index (Phi) is 27.1. The van der Waals surface area contributed by atoms with Gasteiger partial charge in [-0.15, -0.1) is 0 Å². The number of unbranched alkanes of at least 4 members (excludes halogenated alkanes) is 16. The van der Waals surface area contributed by atoms with E-state index in [2.05, 4.69) is 31.3 Å². The number of phosphoric acid groups is 1. The van der Waals surface area contributed by atoms with Crippen LogP contribution in [0.2, 0.25) is 0 Å². The molecule has 1 amide bonds. The van der Waals surface area contributed by atoms with Crippen molar-refractivity contribution >= 4 is 13.7 Å². The predicted molar refractivity (Wildman–Crippen MR) is 180 cm³/mol. The molecule has 0 aromatic rings. The van der Waals surface area contributed by atoms with Gasteiger partial charge in [0.1, 0.15) is 13.2 Å². The Balaban J connectivity index is 4.53. The number of allylic oxidation sites excluding steroid dienone is 2. The van der Waals surface area contributed by atoms with E-state index < -0.39 is 20.0 Å². The van der Waals surface area contributed by atoms with Gasteiger partial charge in [-0.05, 0) is 38.5 Å². The zero-order valence-electron chi connectivity index (χ0n) is 28.7. The first-order valence-corrected chi connectivity index (χ1v) is 19.0. The lowest BCUT2D eigenvalue weighted by molar-refractivity contribution is -0.870. The Bertz CT molecular complexity index is 728. The topological polar surface area (TPSA) is 105 Å². The van der Waals surface area contributed by atoms with Crippen LogP contribution in [-0.4, -0.2) is 73.4 Å². The number of aliphatic hydroxyl groups is 1. The van der Waals surface area contributed by atoms with E-state index in [0.717, 1.165) is 44.9 Å². The quantitative estimate of drug-likeness (QED) is 0.0306. The van der Waals surface area contributed by atoms with Gasteiger partial charge in [-0.3, -0.25) is 13.8 Å².